The summed E-state index contributed by atoms with van der Waals surface area (Å²) in [7, 11) is 0. The maximum absolute atomic E-state index is 14.4. The fourth-order valence-electron chi connectivity index (χ4n) is 4.55. The third kappa shape index (κ3) is 4.68. The maximum atomic E-state index is 14.4. The van der Waals surface area contributed by atoms with E-state index in [1.165, 1.54) is 43.7 Å². The average molecular weight is 434 g/mol. The first-order valence-electron chi connectivity index (χ1n) is 10.5. The van der Waals surface area contributed by atoms with Crippen molar-refractivity contribution >= 4 is 10.8 Å². The first kappa shape index (κ1) is 21.6. The molecule has 0 amide bonds. The minimum Gasteiger partial charge on any atom is -0.399 e. The summed E-state index contributed by atoms with van der Waals surface area (Å²) in [6.07, 6.45) is 0.949. The summed E-state index contributed by atoms with van der Waals surface area (Å²) < 4.78 is 69.4. The fraction of sp³-hybridized carbons (Fsp3) is 0.360. The van der Waals surface area contributed by atoms with Crippen LogP contribution in [0.5, 0.6) is 5.75 Å². The highest BCUT2D eigenvalue weighted by Crippen LogP contribution is 2.38. The van der Waals surface area contributed by atoms with E-state index in [0.717, 1.165) is 23.1 Å². The van der Waals surface area contributed by atoms with Gasteiger partial charge in [-0.25, -0.2) is 8.78 Å². The Morgan fingerprint density at radius 2 is 1.52 bits per heavy atom. The van der Waals surface area contributed by atoms with Gasteiger partial charge in [-0.15, -0.1) is 13.2 Å². The van der Waals surface area contributed by atoms with E-state index >= 15 is 0 Å². The van der Waals surface area contributed by atoms with E-state index < -0.39 is 23.7 Å². The lowest BCUT2D eigenvalue weighted by Gasteiger charge is -2.28. The quantitative estimate of drug-likeness (QED) is 0.375. The van der Waals surface area contributed by atoms with Gasteiger partial charge in [0, 0.05) is 5.39 Å². The molecule has 3 aromatic carbocycles. The first-order chi connectivity index (χ1) is 14.7. The van der Waals surface area contributed by atoms with Crippen molar-refractivity contribution in [3.8, 4) is 16.9 Å². The van der Waals surface area contributed by atoms with E-state index in [2.05, 4.69) is 23.8 Å². The monoisotopic (exact) mass is 434 g/mol. The molecule has 0 bridgehead atoms. The molecular formula is C25H23F5O. The summed E-state index contributed by atoms with van der Waals surface area (Å²) in [5, 5.41) is 0.0395. The lowest BCUT2D eigenvalue weighted by Crippen LogP contribution is -2.19. The highest BCUT2D eigenvalue weighted by Gasteiger charge is 2.34. The molecule has 0 atom stereocenters. The van der Waals surface area contributed by atoms with Crippen molar-refractivity contribution in [2.45, 2.75) is 51.3 Å². The Morgan fingerprint density at radius 1 is 0.871 bits per heavy atom. The van der Waals surface area contributed by atoms with Crippen molar-refractivity contribution in [2.75, 3.05) is 0 Å². The number of benzene rings is 3. The van der Waals surface area contributed by atoms with Crippen LogP contribution in [0.3, 0.4) is 0 Å². The molecule has 0 unspecified atom stereocenters. The van der Waals surface area contributed by atoms with Crippen molar-refractivity contribution in [1.29, 1.82) is 0 Å². The molecule has 1 aliphatic rings. The Hall–Kier alpha value is -2.63. The summed E-state index contributed by atoms with van der Waals surface area (Å²) >= 11 is 0. The molecule has 1 aliphatic carbocycles. The van der Waals surface area contributed by atoms with Gasteiger partial charge in [0.05, 0.1) is 0 Å². The normalized spacial score (nSPS) is 19.5. The molecule has 0 aliphatic heterocycles. The fourth-order valence-corrected chi connectivity index (χ4v) is 4.55. The Bertz CT molecular complexity index is 1060. The summed E-state index contributed by atoms with van der Waals surface area (Å²) in [6, 6.07) is 13.6. The number of halogens is 5. The number of ether oxygens (including phenoxy) is 1. The minimum absolute atomic E-state index is 0.131. The molecule has 1 nitrogen and oxygen atoms in total. The third-order valence-electron chi connectivity index (χ3n) is 6.34. The van der Waals surface area contributed by atoms with Gasteiger partial charge >= 0.3 is 6.36 Å². The minimum atomic E-state index is -5.17. The third-order valence-corrected chi connectivity index (χ3v) is 6.34. The van der Waals surface area contributed by atoms with E-state index in [1.54, 1.807) is 12.1 Å². The second-order valence-corrected chi connectivity index (χ2v) is 8.23. The highest BCUT2D eigenvalue weighted by atomic mass is 19.4. The molecule has 1 saturated carbocycles. The molecule has 31 heavy (non-hydrogen) atoms. The summed E-state index contributed by atoms with van der Waals surface area (Å²) in [4.78, 5) is 0. The van der Waals surface area contributed by atoms with Crippen LogP contribution in [-0.4, -0.2) is 6.36 Å². The van der Waals surface area contributed by atoms with Crippen LogP contribution in [0, 0.1) is 17.6 Å². The van der Waals surface area contributed by atoms with E-state index in [-0.39, 0.29) is 10.8 Å². The van der Waals surface area contributed by atoms with Crippen LogP contribution < -0.4 is 4.74 Å². The number of hydrogen-bond donors (Lipinski definition) is 0. The summed E-state index contributed by atoms with van der Waals surface area (Å²) in [5.41, 5.74) is 2.91. The molecule has 0 aromatic heterocycles. The number of hydrogen-bond acceptors (Lipinski definition) is 1. The van der Waals surface area contributed by atoms with Crippen LogP contribution in [0.1, 0.15) is 50.5 Å². The second-order valence-electron chi connectivity index (χ2n) is 8.23. The van der Waals surface area contributed by atoms with Crippen molar-refractivity contribution in [1.82, 2.24) is 0 Å². The van der Waals surface area contributed by atoms with Crippen LogP contribution in [-0.2, 0) is 0 Å². The molecule has 1 fully saturated rings. The van der Waals surface area contributed by atoms with Gasteiger partial charge in [-0.1, -0.05) is 49.7 Å². The predicted molar refractivity (Wildman–Crippen MR) is 111 cm³/mol. The summed E-state index contributed by atoms with van der Waals surface area (Å²) in [6.45, 7) is 2.24. The number of rotatable bonds is 4. The van der Waals surface area contributed by atoms with E-state index in [0.29, 0.717) is 5.92 Å². The van der Waals surface area contributed by atoms with Gasteiger partial charge in [0.25, 0.3) is 0 Å². The largest absolute Gasteiger partial charge is 0.573 e. The number of alkyl halides is 3. The van der Waals surface area contributed by atoms with E-state index in [4.69, 9.17) is 0 Å². The average Bonchev–Trinajstić information content (AvgIpc) is 2.76. The number of fused-ring (bicyclic) bond motifs is 1. The van der Waals surface area contributed by atoms with Gasteiger partial charge in [-0.3, -0.25) is 0 Å². The molecule has 3 aromatic rings. The molecule has 4 rings (SSSR count). The zero-order valence-electron chi connectivity index (χ0n) is 17.1. The zero-order chi connectivity index (χ0) is 22.2. The lowest BCUT2D eigenvalue weighted by molar-refractivity contribution is -0.276. The Kier molecular flexibility index (Phi) is 5.91. The van der Waals surface area contributed by atoms with Gasteiger partial charge in [0.15, 0.2) is 11.6 Å². The molecule has 0 spiro atoms. The molecule has 6 heteroatoms. The van der Waals surface area contributed by atoms with Crippen LogP contribution in [0.25, 0.3) is 21.9 Å². The van der Waals surface area contributed by atoms with Gasteiger partial charge in [0.2, 0.25) is 5.75 Å². The highest BCUT2D eigenvalue weighted by molar-refractivity contribution is 5.89. The smallest absolute Gasteiger partial charge is 0.399 e. The summed E-state index contributed by atoms with van der Waals surface area (Å²) in [5.74, 6) is -2.80. The topological polar surface area (TPSA) is 9.23 Å². The molecule has 0 saturated heterocycles. The molecule has 0 heterocycles. The van der Waals surface area contributed by atoms with Gasteiger partial charge < -0.3 is 4.74 Å². The maximum Gasteiger partial charge on any atom is 0.573 e. The zero-order valence-corrected chi connectivity index (χ0v) is 17.1. The second kappa shape index (κ2) is 8.48. The van der Waals surface area contributed by atoms with Gasteiger partial charge in [0.1, 0.15) is 0 Å². The Labute approximate surface area is 177 Å². The molecular weight excluding hydrogens is 411 g/mol. The molecule has 0 N–H and O–H groups in total. The van der Waals surface area contributed by atoms with Crippen molar-refractivity contribution in [2.24, 2.45) is 5.92 Å². The van der Waals surface area contributed by atoms with Crippen LogP contribution in [0.4, 0.5) is 22.0 Å². The van der Waals surface area contributed by atoms with E-state index in [1.807, 2.05) is 12.1 Å². The Morgan fingerprint density at radius 3 is 2.13 bits per heavy atom. The lowest BCUT2D eigenvalue weighted by atomic mass is 9.77. The van der Waals surface area contributed by atoms with Gasteiger partial charge in [-0.2, -0.15) is 0 Å². The SMILES string of the molecule is CCC1CCC(c2ccc(-c3ccc4c(F)c(OC(F)(F)F)c(F)cc4c3)cc2)CC1. The van der Waals surface area contributed by atoms with Crippen LogP contribution in [0.15, 0.2) is 48.5 Å². The Balaban J connectivity index is 1.59. The van der Waals surface area contributed by atoms with Crippen LogP contribution in [0.2, 0.25) is 0 Å². The van der Waals surface area contributed by atoms with Crippen molar-refractivity contribution in [3.05, 3.63) is 65.7 Å². The molecule has 164 valence electrons. The standard InChI is InChI=1S/C25H23F5O/c1-2-15-3-5-16(6-4-15)17-7-9-18(10-8-17)19-11-12-21-20(13-19)14-22(26)24(23(21)27)31-25(28,29)30/h7-16H,2-6H2,1H3. The first-order valence-corrected chi connectivity index (χ1v) is 10.5. The van der Waals surface area contributed by atoms with Crippen molar-refractivity contribution < 1.29 is 26.7 Å². The van der Waals surface area contributed by atoms with Crippen LogP contribution >= 0.6 is 0 Å². The predicted octanol–water partition coefficient (Wildman–Crippen LogP) is 8.37. The van der Waals surface area contributed by atoms with E-state index in [9.17, 15) is 22.0 Å². The molecule has 0 radical (unpaired) electrons. The van der Waals surface area contributed by atoms with Gasteiger partial charge in [-0.05, 0) is 71.7 Å². The van der Waals surface area contributed by atoms with Crippen molar-refractivity contribution in [3.63, 3.8) is 0 Å².